The van der Waals surface area contributed by atoms with Crippen LogP contribution in [0.1, 0.15) is 27.9 Å². The average molecular weight is 398 g/mol. The van der Waals surface area contributed by atoms with E-state index in [1.807, 2.05) is 0 Å². The van der Waals surface area contributed by atoms with Gasteiger partial charge in [0.2, 0.25) is 10.0 Å². The first-order chi connectivity index (χ1) is 12.6. The standard InChI is InChI=1S/C18H17F3N2O3S/c1-27(25,26)23-10-4-5-12-11-13(8-9-16(12)23)22-17(24)14-6-2-3-7-15(14)18(19,20)21/h2-3,6-9,11H,4-5,10H2,1H3,(H,22,24). The highest BCUT2D eigenvalue weighted by atomic mass is 32.2. The van der Waals surface area contributed by atoms with Crippen LogP contribution in [-0.4, -0.2) is 27.1 Å². The fourth-order valence-corrected chi connectivity index (χ4v) is 4.11. The zero-order valence-electron chi connectivity index (χ0n) is 14.4. The molecule has 0 aliphatic carbocycles. The van der Waals surface area contributed by atoms with E-state index in [1.165, 1.54) is 22.5 Å². The number of nitrogens with one attached hydrogen (secondary N) is 1. The van der Waals surface area contributed by atoms with Crippen molar-refractivity contribution in [1.82, 2.24) is 0 Å². The fraction of sp³-hybridized carbons (Fsp3) is 0.278. The van der Waals surface area contributed by atoms with Gasteiger partial charge in [-0.15, -0.1) is 0 Å². The molecule has 1 aliphatic rings. The summed E-state index contributed by atoms with van der Waals surface area (Å²) in [6.45, 7) is 0.372. The predicted molar refractivity (Wildman–Crippen MR) is 96.4 cm³/mol. The Balaban J connectivity index is 1.89. The SMILES string of the molecule is CS(=O)(=O)N1CCCc2cc(NC(=O)c3ccccc3C(F)(F)F)ccc21. The van der Waals surface area contributed by atoms with Crippen LogP contribution in [0.5, 0.6) is 0 Å². The minimum atomic E-state index is -4.64. The van der Waals surface area contributed by atoms with Gasteiger partial charge in [-0.1, -0.05) is 12.1 Å². The van der Waals surface area contributed by atoms with Crippen molar-refractivity contribution in [1.29, 1.82) is 0 Å². The van der Waals surface area contributed by atoms with Crippen molar-refractivity contribution >= 4 is 27.3 Å². The number of anilines is 2. The minimum Gasteiger partial charge on any atom is -0.322 e. The van der Waals surface area contributed by atoms with Crippen LogP contribution in [0.4, 0.5) is 24.5 Å². The van der Waals surface area contributed by atoms with Crippen molar-refractivity contribution in [3.05, 3.63) is 59.2 Å². The van der Waals surface area contributed by atoms with Crippen molar-refractivity contribution in [3.8, 4) is 0 Å². The van der Waals surface area contributed by atoms with E-state index in [0.29, 0.717) is 36.3 Å². The van der Waals surface area contributed by atoms with Crippen LogP contribution < -0.4 is 9.62 Å². The molecule has 144 valence electrons. The molecule has 0 atom stereocenters. The Morgan fingerprint density at radius 2 is 1.85 bits per heavy atom. The summed E-state index contributed by atoms with van der Waals surface area (Å²) in [5.41, 5.74) is 0.0706. The third kappa shape index (κ3) is 4.08. The van der Waals surface area contributed by atoms with Gasteiger partial charge in [-0.3, -0.25) is 9.10 Å². The summed E-state index contributed by atoms with van der Waals surface area (Å²) < 4.78 is 64.3. The van der Waals surface area contributed by atoms with Gasteiger partial charge in [0, 0.05) is 12.2 Å². The Kier molecular flexibility index (Phi) is 4.90. The zero-order valence-corrected chi connectivity index (χ0v) is 15.2. The molecule has 1 N–H and O–H groups in total. The molecule has 0 spiro atoms. The second kappa shape index (κ2) is 6.88. The van der Waals surface area contributed by atoms with Gasteiger partial charge in [0.15, 0.2) is 0 Å². The van der Waals surface area contributed by atoms with Crippen molar-refractivity contribution in [3.63, 3.8) is 0 Å². The topological polar surface area (TPSA) is 66.5 Å². The molecule has 0 fully saturated rings. The van der Waals surface area contributed by atoms with Gasteiger partial charge in [-0.25, -0.2) is 8.42 Å². The Labute approximate surface area is 154 Å². The molecule has 0 unspecified atom stereocenters. The van der Waals surface area contributed by atoms with Gasteiger partial charge >= 0.3 is 6.18 Å². The van der Waals surface area contributed by atoms with Crippen molar-refractivity contribution in [2.75, 3.05) is 22.4 Å². The van der Waals surface area contributed by atoms with Gasteiger partial charge in [-0.2, -0.15) is 13.2 Å². The maximum absolute atomic E-state index is 13.1. The highest BCUT2D eigenvalue weighted by molar-refractivity contribution is 7.92. The third-order valence-electron chi connectivity index (χ3n) is 4.29. The van der Waals surface area contributed by atoms with Crippen LogP contribution in [0.25, 0.3) is 0 Å². The molecule has 1 heterocycles. The molecule has 2 aromatic rings. The second-order valence-corrected chi connectivity index (χ2v) is 8.19. The lowest BCUT2D eigenvalue weighted by Crippen LogP contribution is -2.34. The Morgan fingerprint density at radius 1 is 1.15 bits per heavy atom. The summed E-state index contributed by atoms with van der Waals surface area (Å²) in [5.74, 6) is -0.876. The largest absolute Gasteiger partial charge is 0.417 e. The molecule has 3 rings (SSSR count). The van der Waals surface area contributed by atoms with Crippen LogP contribution in [0.3, 0.4) is 0 Å². The van der Waals surface area contributed by atoms with Gasteiger partial charge in [0.1, 0.15) is 0 Å². The number of hydrogen-bond donors (Lipinski definition) is 1. The van der Waals surface area contributed by atoms with Crippen molar-refractivity contribution < 1.29 is 26.4 Å². The molecule has 0 radical (unpaired) electrons. The number of carbonyl (C=O) groups is 1. The van der Waals surface area contributed by atoms with Gasteiger partial charge in [0.25, 0.3) is 5.91 Å². The molecular formula is C18H17F3N2O3S. The van der Waals surface area contributed by atoms with E-state index >= 15 is 0 Å². The quantitative estimate of drug-likeness (QED) is 0.858. The molecule has 5 nitrogen and oxygen atoms in total. The summed E-state index contributed by atoms with van der Waals surface area (Å²) in [7, 11) is -3.42. The number of rotatable bonds is 3. The zero-order chi connectivity index (χ0) is 19.8. The van der Waals surface area contributed by atoms with E-state index in [2.05, 4.69) is 5.32 Å². The molecule has 27 heavy (non-hydrogen) atoms. The van der Waals surface area contributed by atoms with Crippen LogP contribution in [0.15, 0.2) is 42.5 Å². The first-order valence-electron chi connectivity index (χ1n) is 8.15. The van der Waals surface area contributed by atoms with Crippen LogP contribution >= 0.6 is 0 Å². The monoisotopic (exact) mass is 398 g/mol. The molecule has 9 heteroatoms. The lowest BCUT2D eigenvalue weighted by Gasteiger charge is -2.29. The molecule has 0 saturated carbocycles. The fourth-order valence-electron chi connectivity index (χ4n) is 3.11. The summed E-state index contributed by atoms with van der Waals surface area (Å²) in [6, 6.07) is 9.19. The van der Waals surface area contributed by atoms with E-state index < -0.39 is 33.2 Å². The first-order valence-corrected chi connectivity index (χ1v) is 10.0. The second-order valence-electron chi connectivity index (χ2n) is 6.28. The Hall–Kier alpha value is -2.55. The Bertz CT molecular complexity index is 988. The highest BCUT2D eigenvalue weighted by Crippen LogP contribution is 2.33. The third-order valence-corrected chi connectivity index (χ3v) is 5.47. The minimum absolute atomic E-state index is 0.311. The van der Waals surface area contributed by atoms with E-state index in [9.17, 15) is 26.4 Å². The maximum atomic E-state index is 13.1. The Morgan fingerprint density at radius 3 is 2.52 bits per heavy atom. The smallest absolute Gasteiger partial charge is 0.322 e. The van der Waals surface area contributed by atoms with Crippen molar-refractivity contribution in [2.24, 2.45) is 0 Å². The predicted octanol–water partition coefficient (Wildman–Crippen LogP) is 3.67. The van der Waals surface area contributed by atoms with Gasteiger partial charge in [0.05, 0.1) is 23.1 Å². The number of halogens is 3. The summed E-state index contributed by atoms with van der Waals surface area (Å²) in [5, 5.41) is 2.47. The number of aryl methyl sites for hydroxylation is 1. The van der Waals surface area contributed by atoms with Crippen molar-refractivity contribution in [2.45, 2.75) is 19.0 Å². The van der Waals surface area contributed by atoms with E-state index in [1.54, 1.807) is 12.1 Å². The number of fused-ring (bicyclic) bond motifs is 1. The summed E-state index contributed by atoms with van der Waals surface area (Å²) >= 11 is 0. The molecule has 1 amide bonds. The average Bonchev–Trinajstić information content (AvgIpc) is 2.59. The van der Waals surface area contributed by atoms with Crippen LogP contribution in [-0.2, 0) is 22.6 Å². The maximum Gasteiger partial charge on any atom is 0.417 e. The molecule has 0 saturated heterocycles. The van der Waals surface area contributed by atoms with E-state index in [-0.39, 0.29) is 0 Å². The van der Waals surface area contributed by atoms with Crippen LogP contribution in [0, 0.1) is 0 Å². The molecule has 1 aliphatic heterocycles. The lowest BCUT2D eigenvalue weighted by molar-refractivity contribution is -0.137. The van der Waals surface area contributed by atoms with E-state index in [0.717, 1.165) is 18.4 Å². The highest BCUT2D eigenvalue weighted by Gasteiger charge is 2.35. The normalized spacial score (nSPS) is 14.6. The number of hydrogen-bond acceptors (Lipinski definition) is 3. The summed E-state index contributed by atoms with van der Waals surface area (Å²) in [6.07, 6.45) is -2.29. The number of sulfonamides is 1. The molecule has 2 aromatic carbocycles. The lowest BCUT2D eigenvalue weighted by atomic mass is 10.0. The first kappa shape index (κ1) is 19.2. The number of amides is 1. The number of nitrogens with zero attached hydrogens (tertiary/aromatic N) is 1. The molecule has 0 aromatic heterocycles. The number of benzene rings is 2. The molecule has 0 bridgehead atoms. The van der Waals surface area contributed by atoms with Crippen LogP contribution in [0.2, 0.25) is 0 Å². The number of carbonyl (C=O) groups excluding carboxylic acids is 1. The van der Waals surface area contributed by atoms with Gasteiger partial charge < -0.3 is 5.32 Å². The van der Waals surface area contributed by atoms with Gasteiger partial charge in [-0.05, 0) is 48.7 Å². The van der Waals surface area contributed by atoms with E-state index in [4.69, 9.17) is 0 Å². The number of alkyl halides is 3. The summed E-state index contributed by atoms with van der Waals surface area (Å²) in [4.78, 5) is 12.4. The molecular weight excluding hydrogens is 381 g/mol.